The molecular weight excluding hydrogens is 637 g/mol. The number of carbonyl (C=O) groups is 3. The first-order valence-corrected chi connectivity index (χ1v) is 16.6. The summed E-state index contributed by atoms with van der Waals surface area (Å²) in [6, 6.07) is 23.0. The van der Waals surface area contributed by atoms with Crippen LogP contribution in [0.15, 0.2) is 78.9 Å². The van der Waals surface area contributed by atoms with Crippen LogP contribution in [0.4, 0.5) is 9.59 Å². The Morgan fingerprint density at radius 1 is 0.766 bits per heavy atom. The number of carbonyl (C=O) groups excluding carboxylic acids is 3. The average molecular weight is 683 g/mol. The number of nitrogens with one attached hydrogen (secondary N) is 1. The lowest BCUT2D eigenvalue weighted by Gasteiger charge is -2.47. The van der Waals surface area contributed by atoms with Crippen molar-refractivity contribution in [3.05, 3.63) is 106 Å². The van der Waals surface area contributed by atoms with Crippen LogP contribution in [0, 0.1) is 0 Å². The van der Waals surface area contributed by atoms with Crippen molar-refractivity contribution in [3.8, 4) is 0 Å². The maximum absolute atomic E-state index is 14.7. The molecule has 1 heterocycles. The van der Waals surface area contributed by atoms with E-state index in [-0.39, 0.29) is 31.5 Å². The van der Waals surface area contributed by atoms with Gasteiger partial charge in [-0.2, -0.15) is 0 Å². The molecule has 0 saturated carbocycles. The average Bonchev–Trinajstić information content (AvgIpc) is 2.97. The smallest absolute Gasteiger partial charge is 0.410 e. The summed E-state index contributed by atoms with van der Waals surface area (Å²) in [5.74, 6) is -0.301. The number of halogens is 2. The maximum Gasteiger partial charge on any atom is 0.410 e. The van der Waals surface area contributed by atoms with E-state index < -0.39 is 35.5 Å². The fourth-order valence-electron chi connectivity index (χ4n) is 5.64. The third kappa shape index (κ3) is 10.9. The first-order chi connectivity index (χ1) is 22.1. The van der Waals surface area contributed by atoms with E-state index in [1.807, 2.05) is 81.4 Å². The van der Waals surface area contributed by atoms with E-state index in [1.54, 1.807) is 48.8 Å². The van der Waals surface area contributed by atoms with Gasteiger partial charge in [0.2, 0.25) is 5.91 Å². The van der Waals surface area contributed by atoms with Crippen LogP contribution < -0.4 is 5.32 Å². The van der Waals surface area contributed by atoms with Crippen LogP contribution in [0.2, 0.25) is 10.0 Å². The van der Waals surface area contributed by atoms with Gasteiger partial charge in [0.15, 0.2) is 0 Å². The number of piperazine rings is 1. The first kappa shape index (κ1) is 36.1. The number of nitrogens with zero attached hydrogens (tertiary/aromatic N) is 2. The highest BCUT2D eigenvalue weighted by Gasteiger charge is 2.42. The summed E-state index contributed by atoms with van der Waals surface area (Å²) < 4.78 is 11.4. The quantitative estimate of drug-likeness (QED) is 0.263. The Morgan fingerprint density at radius 3 is 1.79 bits per heavy atom. The van der Waals surface area contributed by atoms with Crippen molar-refractivity contribution in [1.82, 2.24) is 15.1 Å². The van der Waals surface area contributed by atoms with Crippen molar-refractivity contribution in [2.24, 2.45) is 0 Å². The van der Waals surface area contributed by atoms with Crippen LogP contribution in [0.25, 0.3) is 0 Å². The van der Waals surface area contributed by atoms with Gasteiger partial charge in [-0.15, -0.1) is 0 Å². The molecule has 0 radical (unpaired) electrons. The van der Waals surface area contributed by atoms with Crippen molar-refractivity contribution in [1.29, 1.82) is 0 Å². The van der Waals surface area contributed by atoms with E-state index in [1.165, 1.54) is 0 Å². The molecule has 4 rings (SSSR count). The Labute approximate surface area is 288 Å². The monoisotopic (exact) mass is 681 g/mol. The lowest BCUT2D eigenvalue weighted by molar-refractivity contribution is -0.140. The molecule has 3 atom stereocenters. The number of benzene rings is 3. The third-order valence-corrected chi connectivity index (χ3v) is 8.25. The van der Waals surface area contributed by atoms with E-state index in [9.17, 15) is 14.4 Å². The first-order valence-electron chi connectivity index (χ1n) is 15.9. The molecule has 1 aliphatic heterocycles. The molecule has 252 valence electrons. The Morgan fingerprint density at radius 2 is 1.28 bits per heavy atom. The van der Waals surface area contributed by atoms with E-state index in [0.717, 1.165) is 11.1 Å². The van der Waals surface area contributed by atoms with E-state index in [2.05, 4.69) is 5.32 Å². The minimum Gasteiger partial charge on any atom is -0.444 e. The standard InChI is InChI=1S/C37H45Cl2N3O5/c1-36(2,3)46-34(44)40-32(21-27-17-18-28(38)22-31(27)39)33(43)41-23-30(20-26-15-11-8-12-16-26)42(35(45)47-37(4,5)6)24-29(41)19-25-13-9-7-10-14-25/h7-18,22,29-30,32H,19-21,23-24H2,1-6H3,(H,40,44)/t29?,30-,32?/m0/s1. The normalized spacial score (nSPS) is 17.5. The summed E-state index contributed by atoms with van der Waals surface area (Å²) in [5.41, 5.74) is 1.22. The molecule has 0 bridgehead atoms. The number of alkyl carbamates (subject to hydrolysis) is 1. The molecule has 10 heteroatoms. The molecule has 3 aromatic carbocycles. The van der Waals surface area contributed by atoms with Gasteiger partial charge in [0.1, 0.15) is 17.2 Å². The number of hydrogen-bond donors (Lipinski definition) is 1. The molecule has 1 fully saturated rings. The zero-order chi connectivity index (χ0) is 34.4. The molecule has 0 aromatic heterocycles. The van der Waals surface area contributed by atoms with Gasteiger partial charge in [-0.05, 0) is 83.2 Å². The second kappa shape index (κ2) is 15.4. The summed E-state index contributed by atoms with van der Waals surface area (Å²) >= 11 is 12.7. The molecule has 2 unspecified atom stereocenters. The van der Waals surface area contributed by atoms with Crippen molar-refractivity contribution in [3.63, 3.8) is 0 Å². The number of rotatable bonds is 8. The molecule has 0 spiro atoms. The summed E-state index contributed by atoms with van der Waals surface area (Å²) in [4.78, 5) is 45.1. The van der Waals surface area contributed by atoms with Crippen molar-refractivity contribution in [2.75, 3.05) is 13.1 Å². The van der Waals surface area contributed by atoms with Gasteiger partial charge in [-0.3, -0.25) is 4.79 Å². The van der Waals surface area contributed by atoms with Gasteiger partial charge in [0, 0.05) is 29.6 Å². The van der Waals surface area contributed by atoms with Gasteiger partial charge < -0.3 is 24.6 Å². The highest BCUT2D eigenvalue weighted by molar-refractivity contribution is 6.35. The Kier molecular flexibility index (Phi) is 11.9. The van der Waals surface area contributed by atoms with E-state index in [0.29, 0.717) is 28.5 Å². The number of ether oxygens (including phenoxy) is 2. The van der Waals surface area contributed by atoms with Crippen LogP contribution in [-0.2, 0) is 33.5 Å². The number of amides is 3. The largest absolute Gasteiger partial charge is 0.444 e. The molecule has 3 aromatic rings. The maximum atomic E-state index is 14.7. The summed E-state index contributed by atoms with van der Waals surface area (Å²) in [6.45, 7) is 11.3. The second-order valence-corrected chi connectivity index (χ2v) is 14.8. The molecule has 8 nitrogen and oxygen atoms in total. The van der Waals surface area contributed by atoms with Crippen LogP contribution in [-0.4, -0.2) is 70.3 Å². The Bertz CT molecular complexity index is 1520. The van der Waals surface area contributed by atoms with E-state index in [4.69, 9.17) is 32.7 Å². The molecule has 47 heavy (non-hydrogen) atoms. The lowest BCUT2D eigenvalue weighted by atomic mass is 9.94. The SMILES string of the molecule is CC(C)(C)OC(=O)NC(Cc1ccc(Cl)cc1Cl)C(=O)N1C[C@H](Cc2ccccc2)N(C(=O)OC(C)(C)C)CC1Cc1ccccc1. The molecular formula is C37H45Cl2N3O5. The Hall–Kier alpha value is -3.75. The van der Waals surface area contributed by atoms with Gasteiger partial charge in [0.25, 0.3) is 0 Å². The van der Waals surface area contributed by atoms with Gasteiger partial charge >= 0.3 is 12.2 Å². The Balaban J connectivity index is 1.74. The number of hydrogen-bond acceptors (Lipinski definition) is 5. The predicted molar refractivity (Wildman–Crippen MR) is 186 cm³/mol. The van der Waals surface area contributed by atoms with Crippen LogP contribution in [0.3, 0.4) is 0 Å². The van der Waals surface area contributed by atoms with Gasteiger partial charge in [-0.1, -0.05) is 89.9 Å². The molecule has 0 aliphatic carbocycles. The highest BCUT2D eigenvalue weighted by atomic mass is 35.5. The fraction of sp³-hybridized carbons (Fsp3) is 0.432. The summed E-state index contributed by atoms with van der Waals surface area (Å²) in [7, 11) is 0. The van der Waals surface area contributed by atoms with Crippen molar-refractivity contribution in [2.45, 2.75) is 90.1 Å². The van der Waals surface area contributed by atoms with Crippen LogP contribution in [0.1, 0.15) is 58.2 Å². The van der Waals surface area contributed by atoms with Crippen LogP contribution in [0.5, 0.6) is 0 Å². The minimum absolute atomic E-state index is 0.113. The van der Waals surface area contributed by atoms with Crippen molar-refractivity contribution >= 4 is 41.3 Å². The highest BCUT2D eigenvalue weighted by Crippen LogP contribution is 2.27. The zero-order valence-corrected chi connectivity index (χ0v) is 29.5. The minimum atomic E-state index is -1.01. The molecule has 1 saturated heterocycles. The second-order valence-electron chi connectivity index (χ2n) is 13.9. The lowest BCUT2D eigenvalue weighted by Crippen LogP contribution is -2.65. The zero-order valence-electron chi connectivity index (χ0n) is 28.0. The van der Waals surface area contributed by atoms with Gasteiger partial charge in [0.05, 0.1) is 12.1 Å². The fourth-order valence-corrected chi connectivity index (χ4v) is 6.13. The molecule has 1 N–H and O–H groups in total. The summed E-state index contributed by atoms with van der Waals surface area (Å²) in [6.07, 6.45) is -0.0319. The van der Waals surface area contributed by atoms with Gasteiger partial charge in [-0.25, -0.2) is 9.59 Å². The third-order valence-electron chi connectivity index (χ3n) is 7.66. The molecule has 1 aliphatic rings. The van der Waals surface area contributed by atoms with Crippen molar-refractivity contribution < 1.29 is 23.9 Å². The van der Waals surface area contributed by atoms with E-state index >= 15 is 0 Å². The predicted octanol–water partition coefficient (Wildman–Crippen LogP) is 7.73. The van der Waals surface area contributed by atoms with Crippen LogP contribution >= 0.6 is 23.2 Å². The summed E-state index contributed by atoms with van der Waals surface area (Å²) in [5, 5.41) is 3.68. The topological polar surface area (TPSA) is 88.2 Å². The molecule has 3 amide bonds.